The Morgan fingerprint density at radius 1 is 1.27 bits per heavy atom. The summed E-state index contributed by atoms with van der Waals surface area (Å²) < 4.78 is 25.3. The van der Waals surface area contributed by atoms with Crippen molar-refractivity contribution < 1.29 is 13.2 Å². The van der Waals surface area contributed by atoms with Gasteiger partial charge >= 0.3 is 0 Å². The van der Waals surface area contributed by atoms with Gasteiger partial charge in [-0.15, -0.1) is 0 Å². The van der Waals surface area contributed by atoms with E-state index in [0.717, 1.165) is 23.8 Å². The zero-order chi connectivity index (χ0) is 16.9. The van der Waals surface area contributed by atoms with Gasteiger partial charge in [0.1, 0.15) is 0 Å². The SMILES string of the molecule is CCC(C)NC(=O)CCN(c1ccc(C)c(C)c1)S(C)(=O)=O. The predicted molar refractivity (Wildman–Crippen MR) is 90.6 cm³/mol. The molecule has 0 aliphatic rings. The van der Waals surface area contributed by atoms with Crippen LogP contribution in [0.25, 0.3) is 0 Å². The fraction of sp³-hybridized carbons (Fsp3) is 0.562. The summed E-state index contributed by atoms with van der Waals surface area (Å²) in [5, 5.41) is 2.85. The second kappa shape index (κ2) is 7.63. The van der Waals surface area contributed by atoms with Crippen molar-refractivity contribution in [2.75, 3.05) is 17.1 Å². The number of nitrogens with zero attached hydrogens (tertiary/aromatic N) is 1. The highest BCUT2D eigenvalue weighted by molar-refractivity contribution is 7.92. The van der Waals surface area contributed by atoms with Crippen LogP contribution in [0.15, 0.2) is 18.2 Å². The van der Waals surface area contributed by atoms with E-state index in [1.165, 1.54) is 4.31 Å². The Morgan fingerprint density at radius 2 is 1.91 bits per heavy atom. The molecule has 1 unspecified atom stereocenters. The van der Waals surface area contributed by atoms with E-state index in [0.29, 0.717) is 5.69 Å². The van der Waals surface area contributed by atoms with E-state index in [2.05, 4.69) is 5.32 Å². The number of nitrogens with one attached hydrogen (secondary N) is 1. The number of amides is 1. The van der Waals surface area contributed by atoms with Gasteiger partial charge in [-0.05, 0) is 50.5 Å². The van der Waals surface area contributed by atoms with Gasteiger partial charge in [-0.3, -0.25) is 9.10 Å². The van der Waals surface area contributed by atoms with E-state index < -0.39 is 10.0 Å². The predicted octanol–water partition coefficient (Wildman–Crippen LogP) is 2.37. The van der Waals surface area contributed by atoms with Gasteiger partial charge in [0.25, 0.3) is 0 Å². The van der Waals surface area contributed by atoms with E-state index in [-0.39, 0.29) is 24.9 Å². The molecule has 0 heterocycles. The number of rotatable bonds is 7. The lowest BCUT2D eigenvalue weighted by Gasteiger charge is -2.23. The van der Waals surface area contributed by atoms with Crippen LogP contribution < -0.4 is 9.62 Å². The van der Waals surface area contributed by atoms with Crippen molar-refractivity contribution in [1.29, 1.82) is 0 Å². The van der Waals surface area contributed by atoms with Crippen molar-refractivity contribution in [1.82, 2.24) is 5.32 Å². The molecule has 0 spiro atoms. The van der Waals surface area contributed by atoms with Gasteiger partial charge < -0.3 is 5.32 Å². The average Bonchev–Trinajstić information content (AvgIpc) is 2.41. The smallest absolute Gasteiger partial charge is 0.232 e. The molecule has 0 saturated heterocycles. The number of aryl methyl sites for hydroxylation is 2. The lowest BCUT2D eigenvalue weighted by molar-refractivity contribution is -0.121. The molecule has 0 saturated carbocycles. The van der Waals surface area contributed by atoms with E-state index in [4.69, 9.17) is 0 Å². The molecule has 0 fully saturated rings. The fourth-order valence-electron chi connectivity index (χ4n) is 2.02. The first-order chi connectivity index (χ1) is 10.1. The molecule has 1 N–H and O–H groups in total. The summed E-state index contributed by atoms with van der Waals surface area (Å²) in [6.07, 6.45) is 2.15. The number of benzene rings is 1. The molecule has 1 aromatic rings. The third-order valence-corrected chi connectivity index (χ3v) is 4.93. The third kappa shape index (κ3) is 5.33. The van der Waals surface area contributed by atoms with E-state index >= 15 is 0 Å². The van der Waals surface area contributed by atoms with Crippen molar-refractivity contribution in [3.05, 3.63) is 29.3 Å². The molecule has 0 aliphatic heterocycles. The van der Waals surface area contributed by atoms with Gasteiger partial charge in [-0.2, -0.15) is 0 Å². The number of carbonyl (C=O) groups excluding carboxylic acids is 1. The van der Waals surface area contributed by atoms with Crippen LogP contribution in [0, 0.1) is 13.8 Å². The van der Waals surface area contributed by atoms with Crippen LogP contribution in [0.4, 0.5) is 5.69 Å². The largest absolute Gasteiger partial charge is 0.354 e. The van der Waals surface area contributed by atoms with Gasteiger partial charge in [0.15, 0.2) is 0 Å². The first kappa shape index (κ1) is 18.5. The number of anilines is 1. The Morgan fingerprint density at radius 3 is 2.41 bits per heavy atom. The molecule has 1 amide bonds. The molecule has 6 heteroatoms. The molecular weight excluding hydrogens is 300 g/mol. The maximum Gasteiger partial charge on any atom is 0.232 e. The highest BCUT2D eigenvalue weighted by Gasteiger charge is 2.19. The molecule has 0 aliphatic carbocycles. The van der Waals surface area contributed by atoms with Crippen LogP contribution in [0.3, 0.4) is 0 Å². The summed E-state index contributed by atoms with van der Waals surface area (Å²) in [5.41, 5.74) is 2.73. The summed E-state index contributed by atoms with van der Waals surface area (Å²) >= 11 is 0. The van der Waals surface area contributed by atoms with Gasteiger partial charge in [-0.25, -0.2) is 8.42 Å². The average molecular weight is 326 g/mol. The highest BCUT2D eigenvalue weighted by Crippen LogP contribution is 2.21. The molecule has 0 bridgehead atoms. The van der Waals surface area contributed by atoms with Gasteiger partial charge in [0, 0.05) is 19.0 Å². The van der Waals surface area contributed by atoms with Crippen molar-refractivity contribution in [2.24, 2.45) is 0 Å². The van der Waals surface area contributed by atoms with Crippen LogP contribution in [-0.2, 0) is 14.8 Å². The molecule has 0 radical (unpaired) electrons. The fourth-order valence-corrected chi connectivity index (χ4v) is 2.94. The zero-order valence-corrected chi connectivity index (χ0v) is 14.8. The highest BCUT2D eigenvalue weighted by atomic mass is 32.2. The molecular formula is C16H26N2O3S. The van der Waals surface area contributed by atoms with Crippen molar-refractivity contribution in [3.63, 3.8) is 0 Å². The molecule has 1 rings (SSSR count). The minimum Gasteiger partial charge on any atom is -0.354 e. The molecule has 0 aromatic heterocycles. The molecule has 22 heavy (non-hydrogen) atoms. The van der Waals surface area contributed by atoms with Gasteiger partial charge in [0.2, 0.25) is 15.9 Å². The van der Waals surface area contributed by atoms with E-state index in [1.807, 2.05) is 39.8 Å². The second-order valence-electron chi connectivity index (χ2n) is 5.73. The summed E-state index contributed by atoms with van der Waals surface area (Å²) in [5.74, 6) is -0.133. The monoisotopic (exact) mass is 326 g/mol. The number of hydrogen-bond acceptors (Lipinski definition) is 3. The minimum atomic E-state index is -3.42. The number of sulfonamides is 1. The standard InChI is InChI=1S/C16H26N2O3S/c1-6-14(4)17-16(19)9-10-18(22(5,20)21)15-8-7-12(2)13(3)11-15/h7-8,11,14H,6,9-10H2,1-5H3,(H,17,19). The topological polar surface area (TPSA) is 66.5 Å². The Bertz CT molecular complexity index is 626. The lowest BCUT2D eigenvalue weighted by atomic mass is 10.1. The summed E-state index contributed by atoms with van der Waals surface area (Å²) in [7, 11) is -3.42. The van der Waals surface area contributed by atoms with Gasteiger partial charge in [0.05, 0.1) is 11.9 Å². The first-order valence-corrected chi connectivity index (χ1v) is 9.34. The Balaban J connectivity index is 2.87. The molecule has 5 nitrogen and oxygen atoms in total. The molecule has 1 atom stereocenters. The van der Waals surface area contributed by atoms with Crippen LogP contribution in [0.2, 0.25) is 0 Å². The lowest BCUT2D eigenvalue weighted by Crippen LogP contribution is -2.37. The molecule has 124 valence electrons. The first-order valence-electron chi connectivity index (χ1n) is 7.49. The second-order valence-corrected chi connectivity index (χ2v) is 7.64. The summed E-state index contributed by atoms with van der Waals surface area (Å²) in [6.45, 7) is 7.97. The number of hydrogen-bond donors (Lipinski definition) is 1. The quantitative estimate of drug-likeness (QED) is 0.836. The Labute approximate surface area is 133 Å². The molecule has 1 aromatic carbocycles. The number of carbonyl (C=O) groups is 1. The van der Waals surface area contributed by atoms with Crippen LogP contribution in [-0.4, -0.2) is 33.2 Å². The van der Waals surface area contributed by atoms with Crippen LogP contribution in [0.5, 0.6) is 0 Å². The van der Waals surface area contributed by atoms with Gasteiger partial charge in [-0.1, -0.05) is 13.0 Å². The van der Waals surface area contributed by atoms with Crippen molar-refractivity contribution in [3.8, 4) is 0 Å². The minimum absolute atomic E-state index is 0.0980. The zero-order valence-electron chi connectivity index (χ0n) is 14.0. The summed E-state index contributed by atoms with van der Waals surface area (Å²) in [4.78, 5) is 11.9. The van der Waals surface area contributed by atoms with Crippen LogP contribution in [0.1, 0.15) is 37.8 Å². The van der Waals surface area contributed by atoms with E-state index in [9.17, 15) is 13.2 Å². The maximum absolute atomic E-state index is 12.0. The Kier molecular flexibility index (Phi) is 6.41. The van der Waals surface area contributed by atoms with Crippen LogP contribution >= 0.6 is 0 Å². The summed E-state index contributed by atoms with van der Waals surface area (Å²) in [6, 6.07) is 5.60. The third-order valence-electron chi connectivity index (χ3n) is 3.74. The van der Waals surface area contributed by atoms with Crippen molar-refractivity contribution >= 4 is 21.6 Å². The van der Waals surface area contributed by atoms with Crippen molar-refractivity contribution in [2.45, 2.75) is 46.6 Å². The normalized spacial score (nSPS) is 12.8. The Hall–Kier alpha value is -1.56. The van der Waals surface area contributed by atoms with E-state index in [1.54, 1.807) is 6.07 Å². The maximum atomic E-state index is 12.0.